The summed E-state index contributed by atoms with van der Waals surface area (Å²) < 4.78 is 0. The highest BCUT2D eigenvalue weighted by atomic mass is 35.5. The molecule has 0 aliphatic carbocycles. The number of carbonyl (C=O) groups is 4. The van der Waals surface area contributed by atoms with Crippen LogP contribution in [0.2, 0.25) is 10.0 Å². The number of aryl methyl sites for hydroxylation is 1. The van der Waals surface area contributed by atoms with Crippen molar-refractivity contribution < 1.29 is 29.4 Å². The van der Waals surface area contributed by atoms with Crippen LogP contribution < -0.4 is 0 Å². The van der Waals surface area contributed by atoms with Gasteiger partial charge in [0.15, 0.2) is 11.6 Å². The Bertz CT molecular complexity index is 912. The second-order valence-corrected chi connectivity index (χ2v) is 7.38. The number of carboxylic acid groups (broad SMARTS) is 2. The van der Waals surface area contributed by atoms with Gasteiger partial charge in [0.1, 0.15) is 0 Å². The summed E-state index contributed by atoms with van der Waals surface area (Å²) in [4.78, 5) is 43.5. The van der Waals surface area contributed by atoms with Crippen molar-refractivity contribution >= 4 is 46.7 Å². The van der Waals surface area contributed by atoms with Crippen molar-refractivity contribution in [1.82, 2.24) is 0 Å². The number of carboxylic acids is 2. The zero-order valence-electron chi connectivity index (χ0n) is 16.6. The average Bonchev–Trinajstić information content (AvgIpc) is 2.69. The van der Waals surface area contributed by atoms with Crippen molar-refractivity contribution in [2.75, 3.05) is 0 Å². The van der Waals surface area contributed by atoms with Crippen LogP contribution in [0, 0.1) is 13.8 Å². The first-order chi connectivity index (χ1) is 14.0. The summed E-state index contributed by atoms with van der Waals surface area (Å²) in [5, 5.41) is 17.7. The third-order valence-electron chi connectivity index (χ3n) is 4.11. The first-order valence-corrected chi connectivity index (χ1v) is 9.79. The van der Waals surface area contributed by atoms with Gasteiger partial charge in [0, 0.05) is 34.0 Å². The van der Waals surface area contributed by atoms with E-state index < -0.39 is 11.9 Å². The molecule has 2 rings (SSSR count). The minimum atomic E-state index is -1.00. The predicted molar refractivity (Wildman–Crippen MR) is 115 cm³/mol. The van der Waals surface area contributed by atoms with Crippen molar-refractivity contribution in [1.29, 1.82) is 0 Å². The molecule has 2 aromatic carbocycles. The van der Waals surface area contributed by atoms with Gasteiger partial charge in [-0.1, -0.05) is 53.0 Å². The van der Waals surface area contributed by atoms with Crippen LogP contribution in [0.15, 0.2) is 36.4 Å². The molecule has 0 unspecified atom stereocenters. The van der Waals surface area contributed by atoms with Crippen molar-refractivity contribution in [3.8, 4) is 0 Å². The third kappa shape index (κ3) is 8.76. The van der Waals surface area contributed by atoms with Gasteiger partial charge in [-0.25, -0.2) is 0 Å². The Hall–Kier alpha value is -2.70. The minimum Gasteiger partial charge on any atom is -0.481 e. The Labute approximate surface area is 184 Å². The summed E-state index contributed by atoms with van der Waals surface area (Å²) in [7, 11) is 0. The number of ketones is 2. The molecule has 8 heteroatoms. The molecule has 0 fully saturated rings. The van der Waals surface area contributed by atoms with Gasteiger partial charge >= 0.3 is 11.9 Å². The molecule has 0 bridgehead atoms. The lowest BCUT2D eigenvalue weighted by molar-refractivity contribution is -0.137. The maximum atomic E-state index is 11.6. The molecule has 0 heterocycles. The molecule has 0 radical (unpaired) electrons. The van der Waals surface area contributed by atoms with E-state index in [1.165, 1.54) is 12.1 Å². The van der Waals surface area contributed by atoms with Crippen molar-refractivity contribution in [3.05, 3.63) is 68.7 Å². The van der Waals surface area contributed by atoms with Crippen LogP contribution >= 0.6 is 23.2 Å². The van der Waals surface area contributed by atoms with Crippen molar-refractivity contribution in [2.45, 2.75) is 39.5 Å². The third-order valence-corrected chi connectivity index (χ3v) is 4.89. The van der Waals surface area contributed by atoms with Gasteiger partial charge in [-0.2, -0.15) is 0 Å². The van der Waals surface area contributed by atoms with E-state index in [2.05, 4.69) is 0 Å². The fourth-order valence-electron chi connectivity index (χ4n) is 2.28. The van der Waals surface area contributed by atoms with Gasteiger partial charge in [0.2, 0.25) is 0 Å². The molecule has 2 aromatic rings. The maximum absolute atomic E-state index is 11.6. The normalized spacial score (nSPS) is 10.0. The highest BCUT2D eigenvalue weighted by Crippen LogP contribution is 2.26. The fraction of sp³-hybridized carbons (Fsp3) is 0.273. The van der Waals surface area contributed by atoms with Gasteiger partial charge in [0.05, 0.1) is 12.8 Å². The molecule has 0 aromatic heterocycles. The van der Waals surface area contributed by atoms with Gasteiger partial charge in [-0.3, -0.25) is 19.2 Å². The van der Waals surface area contributed by atoms with E-state index in [1.807, 2.05) is 19.1 Å². The number of aliphatic carboxylic acids is 2. The first kappa shape index (κ1) is 25.3. The largest absolute Gasteiger partial charge is 0.481 e. The van der Waals surface area contributed by atoms with E-state index in [4.69, 9.17) is 33.4 Å². The monoisotopic (exact) mass is 452 g/mol. The average molecular weight is 453 g/mol. The Morgan fingerprint density at radius 3 is 1.50 bits per heavy atom. The van der Waals surface area contributed by atoms with Gasteiger partial charge in [-0.15, -0.1) is 0 Å². The molecule has 0 atom stereocenters. The van der Waals surface area contributed by atoms with E-state index in [0.717, 1.165) is 5.56 Å². The molecule has 0 aliphatic rings. The van der Waals surface area contributed by atoms with Crippen LogP contribution in [0.4, 0.5) is 0 Å². The standard InChI is InChI=1S/C11H10Cl2O3.C11H12O3/c1-6-8(12)4-7(5-9(6)13)10(14)2-3-11(15)16;1-8-2-4-9(5-3-8)10(12)6-7-11(13)14/h4-5H,2-3H2,1H3,(H,15,16);2-5H,6-7H2,1H3,(H,13,14). The lowest BCUT2D eigenvalue weighted by Crippen LogP contribution is -2.04. The molecule has 6 nitrogen and oxygen atoms in total. The molecule has 0 aliphatic heterocycles. The van der Waals surface area contributed by atoms with Crippen LogP contribution in [0.3, 0.4) is 0 Å². The van der Waals surface area contributed by atoms with Crippen molar-refractivity contribution in [3.63, 3.8) is 0 Å². The molecule has 0 amide bonds. The summed E-state index contributed by atoms with van der Waals surface area (Å²) in [5.74, 6) is -2.33. The Balaban J connectivity index is 0.000000303. The highest BCUT2D eigenvalue weighted by Gasteiger charge is 2.12. The van der Waals surface area contributed by atoms with Gasteiger partial charge in [-0.05, 0) is 31.5 Å². The highest BCUT2D eigenvalue weighted by molar-refractivity contribution is 6.36. The Kier molecular flexibility index (Phi) is 10.2. The maximum Gasteiger partial charge on any atom is 0.303 e. The fourth-order valence-corrected chi connectivity index (χ4v) is 2.76. The summed E-state index contributed by atoms with van der Waals surface area (Å²) in [6.07, 6.45) is -0.280. The number of halogens is 2. The van der Waals surface area contributed by atoms with E-state index >= 15 is 0 Å². The second-order valence-electron chi connectivity index (χ2n) is 6.56. The predicted octanol–water partition coefficient (Wildman–Crippen LogP) is 5.39. The number of benzene rings is 2. The van der Waals surface area contributed by atoms with E-state index in [1.54, 1.807) is 19.1 Å². The number of carbonyl (C=O) groups excluding carboxylic acids is 2. The summed E-state index contributed by atoms with van der Waals surface area (Å²) in [6.45, 7) is 3.68. The van der Waals surface area contributed by atoms with Crippen LogP contribution in [0.25, 0.3) is 0 Å². The minimum absolute atomic E-state index is 0.0505. The topological polar surface area (TPSA) is 109 Å². The number of hydrogen-bond acceptors (Lipinski definition) is 4. The molecule has 160 valence electrons. The number of Topliss-reactive ketones (excluding diaryl/α,β-unsaturated/α-hetero) is 2. The van der Waals surface area contributed by atoms with E-state index in [9.17, 15) is 19.2 Å². The molecule has 0 saturated heterocycles. The van der Waals surface area contributed by atoms with Gasteiger partial charge < -0.3 is 10.2 Å². The number of hydrogen-bond donors (Lipinski definition) is 2. The summed E-state index contributed by atoms with van der Waals surface area (Å²) in [6, 6.07) is 10.1. The van der Waals surface area contributed by atoms with E-state index in [-0.39, 0.29) is 37.2 Å². The van der Waals surface area contributed by atoms with E-state index in [0.29, 0.717) is 26.7 Å². The van der Waals surface area contributed by atoms with Crippen LogP contribution in [-0.2, 0) is 9.59 Å². The zero-order chi connectivity index (χ0) is 22.8. The second kappa shape index (κ2) is 12.1. The smallest absolute Gasteiger partial charge is 0.303 e. The molecular weight excluding hydrogens is 431 g/mol. The first-order valence-electron chi connectivity index (χ1n) is 9.03. The molecular formula is C22H22Cl2O6. The molecule has 2 N–H and O–H groups in total. The Morgan fingerprint density at radius 1 is 0.700 bits per heavy atom. The quantitative estimate of drug-likeness (QED) is 0.519. The molecule has 30 heavy (non-hydrogen) atoms. The molecule has 0 spiro atoms. The lowest BCUT2D eigenvalue weighted by atomic mass is 10.1. The van der Waals surface area contributed by atoms with Crippen LogP contribution in [0.5, 0.6) is 0 Å². The van der Waals surface area contributed by atoms with Crippen molar-refractivity contribution in [2.24, 2.45) is 0 Å². The zero-order valence-corrected chi connectivity index (χ0v) is 18.1. The van der Waals surface area contributed by atoms with Crippen LogP contribution in [0.1, 0.15) is 57.5 Å². The van der Waals surface area contributed by atoms with Crippen LogP contribution in [-0.4, -0.2) is 33.7 Å². The summed E-state index contributed by atoms with van der Waals surface area (Å²) in [5.41, 5.74) is 2.72. The number of rotatable bonds is 8. The molecule has 0 saturated carbocycles. The lowest BCUT2D eigenvalue weighted by Gasteiger charge is -2.05. The SMILES string of the molecule is Cc1c(Cl)cc(C(=O)CCC(=O)O)cc1Cl.Cc1ccc(C(=O)CCC(=O)O)cc1. The summed E-state index contributed by atoms with van der Waals surface area (Å²) >= 11 is 11.7. The Morgan fingerprint density at radius 2 is 1.10 bits per heavy atom. The van der Waals surface area contributed by atoms with Gasteiger partial charge in [0.25, 0.3) is 0 Å².